The Morgan fingerprint density at radius 3 is 2.40 bits per heavy atom. The molecular formula is C37H44ClN5O2. The van der Waals surface area contributed by atoms with E-state index in [1.165, 1.54) is 51.9 Å². The molecule has 5 aliphatic rings. The number of carbonyl (C=O) groups excluding carboxylic acids is 1. The first-order valence-corrected chi connectivity index (χ1v) is 17.0. The summed E-state index contributed by atoms with van der Waals surface area (Å²) in [5, 5.41) is 13.1. The highest BCUT2D eigenvalue weighted by Gasteiger charge is 2.67. The average molecular weight is 626 g/mol. The molecule has 4 fully saturated rings. The number of carbonyl (C=O) groups is 1. The smallest absolute Gasteiger partial charge is 0.256 e. The van der Waals surface area contributed by atoms with E-state index in [1.54, 1.807) is 18.2 Å². The number of halogens is 1. The molecule has 1 aromatic carbocycles. The number of nitrogens with zero attached hydrogens (tertiary/aromatic N) is 4. The monoisotopic (exact) mass is 625 g/mol. The number of piperidine rings is 1. The van der Waals surface area contributed by atoms with Crippen LogP contribution in [0.2, 0.25) is 5.02 Å². The Labute approximate surface area is 272 Å². The first-order chi connectivity index (χ1) is 21.5. The van der Waals surface area contributed by atoms with Crippen molar-refractivity contribution in [1.29, 1.82) is 5.26 Å². The van der Waals surface area contributed by atoms with E-state index in [4.69, 9.17) is 21.3 Å². The fourth-order valence-electron chi connectivity index (χ4n) is 9.60. The maximum absolute atomic E-state index is 13.7. The quantitative estimate of drug-likeness (QED) is 0.417. The Balaban J connectivity index is 0.970. The van der Waals surface area contributed by atoms with Gasteiger partial charge in [0.2, 0.25) is 0 Å². The summed E-state index contributed by atoms with van der Waals surface area (Å²) in [5.41, 5.74) is 2.64. The van der Waals surface area contributed by atoms with E-state index in [0.717, 1.165) is 30.3 Å². The molecule has 0 radical (unpaired) electrons. The predicted octanol–water partition coefficient (Wildman–Crippen LogP) is 6.04. The number of pyridine rings is 1. The molecule has 0 atom stereocenters. The van der Waals surface area contributed by atoms with Gasteiger partial charge in [0, 0.05) is 48.0 Å². The summed E-state index contributed by atoms with van der Waals surface area (Å²) in [6.07, 6.45) is 7.32. The minimum atomic E-state index is -0.312. The van der Waals surface area contributed by atoms with Gasteiger partial charge in [-0.1, -0.05) is 45.2 Å². The number of nitrogens with one attached hydrogen (secondary N) is 1. The van der Waals surface area contributed by atoms with Crippen LogP contribution in [0.3, 0.4) is 0 Å². The van der Waals surface area contributed by atoms with Crippen LogP contribution >= 0.6 is 11.6 Å². The second-order valence-corrected chi connectivity index (χ2v) is 15.8. The number of nitriles is 1. The Morgan fingerprint density at radius 1 is 1.02 bits per heavy atom. The van der Waals surface area contributed by atoms with Gasteiger partial charge < -0.3 is 15.0 Å². The van der Waals surface area contributed by atoms with Crippen molar-refractivity contribution in [2.45, 2.75) is 91.0 Å². The minimum absolute atomic E-state index is 0.0265. The lowest BCUT2D eigenvalue weighted by atomic mass is 9.49. The Kier molecular flexibility index (Phi) is 7.67. The van der Waals surface area contributed by atoms with Crippen LogP contribution in [0.1, 0.15) is 93.5 Å². The van der Waals surface area contributed by atoms with E-state index < -0.39 is 0 Å². The van der Waals surface area contributed by atoms with Crippen molar-refractivity contribution >= 4 is 17.5 Å². The summed E-state index contributed by atoms with van der Waals surface area (Å²) in [7, 11) is 0. The van der Waals surface area contributed by atoms with Gasteiger partial charge in [-0.3, -0.25) is 9.69 Å². The summed E-state index contributed by atoms with van der Waals surface area (Å²) >= 11 is 6.27. The average Bonchev–Trinajstić information content (AvgIpc) is 3.32. The van der Waals surface area contributed by atoms with Gasteiger partial charge in [-0.2, -0.15) is 5.26 Å². The molecule has 2 aliphatic carbocycles. The second-order valence-electron chi connectivity index (χ2n) is 15.4. The molecule has 0 bridgehead atoms. The lowest BCUT2D eigenvalue weighted by molar-refractivity contribution is -0.199. The van der Waals surface area contributed by atoms with Gasteiger partial charge in [0.1, 0.15) is 23.6 Å². The van der Waals surface area contributed by atoms with Crippen LogP contribution in [-0.2, 0) is 6.54 Å². The zero-order chi connectivity index (χ0) is 31.6. The first-order valence-electron chi connectivity index (χ1n) is 16.6. The number of likely N-dealkylation sites (tertiary alicyclic amines) is 1. The van der Waals surface area contributed by atoms with Crippen molar-refractivity contribution in [2.75, 3.05) is 26.2 Å². The van der Waals surface area contributed by atoms with E-state index in [0.29, 0.717) is 39.8 Å². The third-order valence-electron chi connectivity index (χ3n) is 11.5. The highest BCUT2D eigenvalue weighted by Crippen LogP contribution is 2.59. The van der Waals surface area contributed by atoms with Crippen LogP contribution in [0.5, 0.6) is 5.75 Å². The molecular weight excluding hydrogens is 582 g/mol. The first kappa shape index (κ1) is 30.5. The molecule has 236 valence electrons. The predicted molar refractivity (Wildman–Crippen MR) is 175 cm³/mol. The number of ether oxygens (including phenoxy) is 1. The van der Waals surface area contributed by atoms with Gasteiger partial charge >= 0.3 is 0 Å². The minimum Gasteiger partial charge on any atom is -0.489 e. The molecule has 4 heterocycles. The van der Waals surface area contributed by atoms with E-state index in [1.807, 2.05) is 17.0 Å². The number of rotatable bonds is 4. The summed E-state index contributed by atoms with van der Waals surface area (Å²) in [5.74, 6) is 7.98. The molecule has 2 aromatic rings. The van der Waals surface area contributed by atoms with E-state index >= 15 is 0 Å². The maximum Gasteiger partial charge on any atom is 0.256 e. The topological polar surface area (TPSA) is 81.5 Å². The largest absolute Gasteiger partial charge is 0.489 e. The van der Waals surface area contributed by atoms with E-state index in [9.17, 15) is 10.1 Å². The number of hydrogen-bond donors (Lipinski definition) is 1. The van der Waals surface area contributed by atoms with Crippen molar-refractivity contribution in [3.63, 3.8) is 0 Å². The number of hydrogen-bond acceptors (Lipinski definition) is 6. The standard InChI is InChI=1S/C37H44ClN5O2/c1-35(2)33(36(3,4)34(35)45-28-13-8-25(20-39)30(38)19-28)43-21-31-29(32(43)44)14-10-26(41-31)9-5-24-6-11-27(12-7-24)42-22-37(23-42)15-17-40-18-16-37/h8,10,13-14,19,24,27,33-34,40H,6-7,11-12,15-18,21-23H2,1-4H3/t24?,27?,33-,34-. The number of benzene rings is 1. The highest BCUT2D eigenvalue weighted by atomic mass is 35.5. The molecule has 1 spiro atoms. The number of amides is 1. The van der Waals surface area contributed by atoms with Crippen LogP contribution in [0.15, 0.2) is 30.3 Å². The van der Waals surface area contributed by atoms with Gasteiger partial charge in [-0.05, 0) is 87.2 Å². The van der Waals surface area contributed by atoms with Crippen molar-refractivity contribution in [2.24, 2.45) is 22.2 Å². The van der Waals surface area contributed by atoms with Crippen LogP contribution < -0.4 is 10.1 Å². The van der Waals surface area contributed by atoms with Crippen molar-refractivity contribution in [1.82, 2.24) is 20.1 Å². The van der Waals surface area contributed by atoms with Crippen molar-refractivity contribution in [3.05, 3.63) is 57.9 Å². The van der Waals surface area contributed by atoms with Gasteiger partial charge in [0.25, 0.3) is 5.91 Å². The lowest BCUT2D eigenvalue weighted by Crippen LogP contribution is -2.74. The maximum atomic E-state index is 13.7. The lowest BCUT2D eigenvalue weighted by Gasteiger charge is -2.65. The normalized spacial score (nSPS) is 29.5. The van der Waals surface area contributed by atoms with E-state index in [2.05, 4.69) is 55.8 Å². The number of fused-ring (bicyclic) bond motifs is 1. The zero-order valence-electron chi connectivity index (χ0n) is 27.0. The molecule has 45 heavy (non-hydrogen) atoms. The fraction of sp³-hybridized carbons (Fsp3) is 0.595. The van der Waals surface area contributed by atoms with Crippen molar-refractivity contribution in [3.8, 4) is 23.7 Å². The van der Waals surface area contributed by atoms with Crippen LogP contribution in [-0.4, -0.2) is 65.1 Å². The molecule has 7 rings (SSSR count). The summed E-state index contributed by atoms with van der Waals surface area (Å²) < 4.78 is 6.46. The summed E-state index contributed by atoms with van der Waals surface area (Å²) in [6.45, 7) is 14.0. The summed E-state index contributed by atoms with van der Waals surface area (Å²) in [4.78, 5) is 23.3. The highest BCUT2D eigenvalue weighted by molar-refractivity contribution is 6.31. The van der Waals surface area contributed by atoms with Crippen molar-refractivity contribution < 1.29 is 9.53 Å². The zero-order valence-corrected chi connectivity index (χ0v) is 27.7. The van der Waals surface area contributed by atoms with Crippen LogP contribution in [0, 0.1) is 45.3 Å². The third kappa shape index (κ3) is 5.32. The molecule has 1 aromatic heterocycles. The molecule has 8 heteroatoms. The van der Waals surface area contributed by atoms with Gasteiger partial charge in [-0.25, -0.2) is 4.98 Å². The third-order valence-corrected chi connectivity index (χ3v) is 11.8. The van der Waals surface area contributed by atoms with Gasteiger partial charge in [-0.15, -0.1) is 0 Å². The van der Waals surface area contributed by atoms with Crippen LogP contribution in [0.25, 0.3) is 0 Å². The molecule has 1 N–H and O–H groups in total. The van der Waals surface area contributed by atoms with Crippen LogP contribution in [0.4, 0.5) is 0 Å². The van der Waals surface area contributed by atoms with E-state index in [-0.39, 0.29) is 28.9 Å². The summed E-state index contributed by atoms with van der Waals surface area (Å²) in [6, 6.07) is 11.8. The Bertz CT molecular complexity index is 1580. The number of aromatic nitrogens is 1. The molecule has 7 nitrogen and oxygen atoms in total. The second kappa shape index (κ2) is 11.3. The molecule has 3 aliphatic heterocycles. The molecule has 0 unspecified atom stereocenters. The molecule has 2 saturated heterocycles. The van der Waals surface area contributed by atoms with Gasteiger partial charge in [0.15, 0.2) is 0 Å². The Hall–Kier alpha value is -3.10. The fourth-order valence-corrected chi connectivity index (χ4v) is 9.81. The SMILES string of the molecule is CC1(C)[C@H](Oc2ccc(C#N)c(Cl)c2)C(C)(C)[C@H]1N1Cc2nc(C#CC3CCC(N4CC5(CCNCC5)C4)CC3)ccc2C1=O. The molecule has 2 saturated carbocycles. The molecule has 1 amide bonds. The Morgan fingerprint density at radius 2 is 1.73 bits per heavy atom. The van der Waals surface area contributed by atoms with Gasteiger partial charge in [0.05, 0.1) is 28.4 Å².